The SMILES string of the molecule is NNc1ccc2nc(S)c(C3=CCCCC3)c(=O)n2n1. The van der Waals surface area contributed by atoms with E-state index in [0.717, 1.165) is 31.3 Å². The van der Waals surface area contributed by atoms with Gasteiger partial charge in [-0.3, -0.25) is 4.79 Å². The van der Waals surface area contributed by atoms with Crippen LogP contribution in [0.15, 0.2) is 28.0 Å². The van der Waals surface area contributed by atoms with Gasteiger partial charge in [-0.25, -0.2) is 10.8 Å². The Bertz CT molecular complexity index is 752. The van der Waals surface area contributed by atoms with Crippen LogP contribution in [0.2, 0.25) is 0 Å². The van der Waals surface area contributed by atoms with Crippen molar-refractivity contribution in [3.63, 3.8) is 0 Å². The number of hydrogen-bond donors (Lipinski definition) is 3. The van der Waals surface area contributed by atoms with Crippen molar-refractivity contribution in [3.8, 4) is 0 Å². The number of nitrogens with zero attached hydrogens (tertiary/aromatic N) is 3. The summed E-state index contributed by atoms with van der Waals surface area (Å²) in [6, 6.07) is 3.34. The maximum atomic E-state index is 12.6. The third-order valence-corrected chi connectivity index (χ3v) is 3.75. The van der Waals surface area contributed by atoms with Crippen molar-refractivity contribution in [1.29, 1.82) is 0 Å². The lowest BCUT2D eigenvalue weighted by Gasteiger charge is -2.14. The van der Waals surface area contributed by atoms with Gasteiger partial charge in [-0.05, 0) is 43.4 Å². The number of anilines is 1. The topological polar surface area (TPSA) is 85.3 Å². The molecule has 0 saturated heterocycles. The zero-order chi connectivity index (χ0) is 14.1. The summed E-state index contributed by atoms with van der Waals surface area (Å²) in [7, 11) is 0. The summed E-state index contributed by atoms with van der Waals surface area (Å²) in [4.78, 5) is 17.0. The van der Waals surface area contributed by atoms with Gasteiger partial charge in [-0.2, -0.15) is 4.52 Å². The van der Waals surface area contributed by atoms with Gasteiger partial charge in [-0.1, -0.05) is 6.08 Å². The first kappa shape index (κ1) is 13.1. The molecule has 104 valence electrons. The number of allylic oxidation sites excluding steroid dienone is 2. The highest BCUT2D eigenvalue weighted by Crippen LogP contribution is 2.27. The highest BCUT2D eigenvalue weighted by atomic mass is 32.1. The molecule has 3 rings (SSSR count). The van der Waals surface area contributed by atoms with Crippen molar-refractivity contribution in [3.05, 3.63) is 34.1 Å². The van der Waals surface area contributed by atoms with Gasteiger partial charge >= 0.3 is 0 Å². The van der Waals surface area contributed by atoms with E-state index < -0.39 is 0 Å². The van der Waals surface area contributed by atoms with E-state index in [1.165, 1.54) is 4.52 Å². The van der Waals surface area contributed by atoms with Crippen LogP contribution in [0.25, 0.3) is 11.2 Å². The smallest absolute Gasteiger partial charge is 0.283 e. The largest absolute Gasteiger partial charge is 0.307 e. The summed E-state index contributed by atoms with van der Waals surface area (Å²) in [5.41, 5.74) is 4.24. The number of nitrogen functional groups attached to an aromatic ring is 1. The maximum absolute atomic E-state index is 12.6. The van der Waals surface area contributed by atoms with Crippen LogP contribution in [-0.2, 0) is 0 Å². The predicted octanol–water partition coefficient (Wildman–Crippen LogP) is 1.62. The maximum Gasteiger partial charge on any atom is 0.283 e. The Morgan fingerprint density at radius 1 is 1.35 bits per heavy atom. The lowest BCUT2D eigenvalue weighted by Crippen LogP contribution is -2.24. The van der Waals surface area contributed by atoms with E-state index in [2.05, 4.69) is 34.2 Å². The van der Waals surface area contributed by atoms with E-state index in [4.69, 9.17) is 5.84 Å². The number of nitrogens with two attached hydrogens (primary N) is 1. The van der Waals surface area contributed by atoms with Crippen molar-refractivity contribution in [2.45, 2.75) is 30.7 Å². The van der Waals surface area contributed by atoms with Crippen molar-refractivity contribution in [1.82, 2.24) is 14.6 Å². The number of aromatic nitrogens is 3. The Morgan fingerprint density at radius 2 is 2.20 bits per heavy atom. The number of thiol groups is 1. The molecule has 0 amide bonds. The van der Waals surface area contributed by atoms with Gasteiger partial charge in [0.05, 0.1) is 5.56 Å². The molecule has 0 aliphatic heterocycles. The molecule has 0 saturated carbocycles. The molecular formula is C13H15N5OS. The quantitative estimate of drug-likeness (QED) is 0.338. The Labute approximate surface area is 121 Å². The molecule has 6 nitrogen and oxygen atoms in total. The summed E-state index contributed by atoms with van der Waals surface area (Å²) in [6.07, 6.45) is 6.21. The molecule has 20 heavy (non-hydrogen) atoms. The summed E-state index contributed by atoms with van der Waals surface area (Å²) in [5, 5.41) is 4.59. The lowest BCUT2D eigenvalue weighted by molar-refractivity contribution is 0.735. The minimum Gasteiger partial charge on any atom is -0.307 e. The molecular weight excluding hydrogens is 274 g/mol. The zero-order valence-electron chi connectivity index (χ0n) is 10.8. The molecule has 1 aliphatic rings. The standard InChI is InChI=1S/C13H15N5OS/c14-16-9-6-7-10-15-12(20)11(13(19)18(10)17-9)8-4-2-1-3-5-8/h4,6-7,20H,1-3,5,14H2,(H,16,17). The van der Waals surface area contributed by atoms with Gasteiger partial charge in [-0.15, -0.1) is 17.7 Å². The molecule has 0 spiro atoms. The van der Waals surface area contributed by atoms with Crippen molar-refractivity contribution in [2.24, 2.45) is 5.84 Å². The molecule has 1 aliphatic carbocycles. The highest BCUT2D eigenvalue weighted by molar-refractivity contribution is 7.80. The summed E-state index contributed by atoms with van der Waals surface area (Å²) >= 11 is 4.37. The van der Waals surface area contributed by atoms with Gasteiger partial charge in [0.1, 0.15) is 5.03 Å². The average Bonchev–Trinajstić information content (AvgIpc) is 2.48. The lowest BCUT2D eigenvalue weighted by atomic mass is 9.95. The molecule has 0 unspecified atom stereocenters. The molecule has 0 radical (unpaired) electrons. The summed E-state index contributed by atoms with van der Waals surface area (Å²) < 4.78 is 1.26. The molecule has 7 heteroatoms. The first-order valence-corrected chi connectivity index (χ1v) is 6.94. The molecule has 2 aromatic heterocycles. The van der Waals surface area contributed by atoms with Gasteiger partial charge in [0, 0.05) is 0 Å². The second-order valence-corrected chi connectivity index (χ2v) is 5.15. The van der Waals surface area contributed by atoms with Gasteiger partial charge in [0.2, 0.25) is 0 Å². The third-order valence-electron chi connectivity index (χ3n) is 3.43. The Kier molecular flexibility index (Phi) is 3.45. The van der Waals surface area contributed by atoms with Crippen LogP contribution in [0.3, 0.4) is 0 Å². The van der Waals surface area contributed by atoms with E-state index in [1.54, 1.807) is 12.1 Å². The van der Waals surface area contributed by atoms with Crippen LogP contribution in [0, 0.1) is 0 Å². The van der Waals surface area contributed by atoms with Crippen LogP contribution in [0.4, 0.5) is 5.82 Å². The molecule has 0 fully saturated rings. The predicted molar refractivity (Wildman–Crippen MR) is 80.8 cm³/mol. The number of rotatable bonds is 2. The van der Waals surface area contributed by atoms with Crippen molar-refractivity contribution < 1.29 is 0 Å². The van der Waals surface area contributed by atoms with Crippen LogP contribution in [-0.4, -0.2) is 14.6 Å². The fourth-order valence-electron chi connectivity index (χ4n) is 2.44. The molecule has 2 aromatic rings. The van der Waals surface area contributed by atoms with E-state index in [1.807, 2.05) is 0 Å². The van der Waals surface area contributed by atoms with Crippen LogP contribution < -0.4 is 16.8 Å². The third kappa shape index (κ3) is 2.19. The first-order valence-electron chi connectivity index (χ1n) is 6.50. The highest BCUT2D eigenvalue weighted by Gasteiger charge is 2.17. The van der Waals surface area contributed by atoms with Crippen LogP contribution >= 0.6 is 12.6 Å². The second kappa shape index (κ2) is 5.26. The van der Waals surface area contributed by atoms with Crippen molar-refractivity contribution >= 4 is 29.7 Å². The van der Waals surface area contributed by atoms with Crippen LogP contribution in [0.5, 0.6) is 0 Å². The molecule has 3 N–H and O–H groups in total. The van der Waals surface area contributed by atoms with Gasteiger partial charge in [0.15, 0.2) is 11.5 Å². The molecule has 2 heterocycles. The Hall–Kier alpha value is -1.86. The minimum absolute atomic E-state index is 0.203. The van der Waals surface area contributed by atoms with Gasteiger partial charge in [0.25, 0.3) is 5.56 Å². The van der Waals surface area contributed by atoms with Gasteiger partial charge < -0.3 is 5.43 Å². The number of hydrogen-bond acceptors (Lipinski definition) is 6. The zero-order valence-corrected chi connectivity index (χ0v) is 11.7. The van der Waals surface area contributed by atoms with Crippen LogP contribution in [0.1, 0.15) is 31.2 Å². The fraction of sp³-hybridized carbons (Fsp3) is 0.308. The Morgan fingerprint density at radius 3 is 2.90 bits per heavy atom. The summed E-state index contributed by atoms with van der Waals surface area (Å²) in [6.45, 7) is 0. The van der Waals surface area contributed by atoms with E-state index in [0.29, 0.717) is 22.1 Å². The minimum atomic E-state index is -0.203. The fourth-order valence-corrected chi connectivity index (χ4v) is 2.78. The average molecular weight is 289 g/mol. The second-order valence-electron chi connectivity index (χ2n) is 4.72. The summed E-state index contributed by atoms with van der Waals surface area (Å²) in [5.74, 6) is 5.74. The molecule has 0 bridgehead atoms. The monoisotopic (exact) mass is 289 g/mol. The normalized spacial score (nSPS) is 15.2. The Balaban J connectivity index is 2.26. The van der Waals surface area contributed by atoms with E-state index >= 15 is 0 Å². The number of fused-ring (bicyclic) bond motifs is 1. The molecule has 0 aromatic carbocycles. The van der Waals surface area contributed by atoms with E-state index in [-0.39, 0.29) is 5.56 Å². The number of hydrazine groups is 1. The first-order chi connectivity index (χ1) is 9.70. The number of nitrogens with one attached hydrogen (secondary N) is 1. The van der Waals surface area contributed by atoms with E-state index in [9.17, 15) is 4.79 Å². The molecule has 0 atom stereocenters. The van der Waals surface area contributed by atoms with Crippen molar-refractivity contribution in [2.75, 3.05) is 5.43 Å².